The van der Waals surface area contributed by atoms with Gasteiger partial charge in [0.25, 0.3) is 0 Å². The van der Waals surface area contributed by atoms with Crippen molar-refractivity contribution in [3.05, 3.63) is 12.2 Å². The van der Waals surface area contributed by atoms with Gasteiger partial charge in [-0.1, -0.05) is 0 Å². The predicted molar refractivity (Wildman–Crippen MR) is 86.3 cm³/mol. The molecule has 2 rings (SSSR count). The van der Waals surface area contributed by atoms with Crippen molar-refractivity contribution in [1.82, 2.24) is 25.0 Å². The number of nitrogens with one attached hydrogen (secondary N) is 1. The molecule has 22 heavy (non-hydrogen) atoms. The van der Waals surface area contributed by atoms with Crippen LogP contribution in [0.4, 0.5) is 0 Å². The van der Waals surface area contributed by atoms with Gasteiger partial charge in [0.1, 0.15) is 12.2 Å². The predicted octanol–water partition coefficient (Wildman–Crippen LogP) is 1.99. The molecule has 0 spiro atoms. The van der Waals surface area contributed by atoms with Crippen molar-refractivity contribution >= 4 is 5.91 Å². The molecule has 1 N–H and O–H groups in total. The largest absolute Gasteiger partial charge is 0.346 e. The molecule has 1 aromatic heterocycles. The Hall–Kier alpha value is -1.43. The first-order valence-corrected chi connectivity index (χ1v) is 8.42. The molecule has 0 radical (unpaired) electrons. The zero-order valence-electron chi connectivity index (χ0n) is 14.2. The van der Waals surface area contributed by atoms with E-state index in [4.69, 9.17) is 0 Å². The number of likely N-dealkylation sites (tertiary alicyclic amines) is 1. The Labute approximate surface area is 133 Å². The lowest BCUT2D eigenvalue weighted by Crippen LogP contribution is -2.40. The first-order chi connectivity index (χ1) is 10.5. The van der Waals surface area contributed by atoms with Crippen LogP contribution in [-0.2, 0) is 11.3 Å². The van der Waals surface area contributed by atoms with Gasteiger partial charge in [0.15, 0.2) is 0 Å². The number of carbonyl (C=O) groups excluding carboxylic acids is 1. The number of hydrogen-bond donors (Lipinski definition) is 1. The van der Waals surface area contributed by atoms with Crippen LogP contribution in [0.15, 0.2) is 6.33 Å². The summed E-state index contributed by atoms with van der Waals surface area (Å²) < 4.78 is 1.83. The van der Waals surface area contributed by atoms with Crippen LogP contribution in [0.25, 0.3) is 0 Å². The average Bonchev–Trinajstić information content (AvgIpc) is 2.96. The highest BCUT2D eigenvalue weighted by Crippen LogP contribution is 2.22. The highest BCUT2D eigenvalue weighted by molar-refractivity contribution is 5.76. The van der Waals surface area contributed by atoms with E-state index < -0.39 is 0 Å². The molecule has 124 valence electrons. The Balaban J connectivity index is 1.79. The number of carbonyl (C=O) groups is 1. The molecule has 1 aliphatic rings. The zero-order valence-corrected chi connectivity index (χ0v) is 14.2. The van der Waals surface area contributed by atoms with E-state index in [1.54, 1.807) is 6.33 Å². The molecular weight excluding hydrogens is 278 g/mol. The van der Waals surface area contributed by atoms with E-state index in [-0.39, 0.29) is 11.9 Å². The Morgan fingerprint density at radius 2 is 2.05 bits per heavy atom. The van der Waals surface area contributed by atoms with Crippen LogP contribution in [0.1, 0.15) is 58.8 Å². The summed E-state index contributed by atoms with van der Waals surface area (Å²) in [5, 5.41) is 7.21. The van der Waals surface area contributed by atoms with Gasteiger partial charge in [0.2, 0.25) is 5.91 Å². The fraction of sp³-hybridized carbons (Fsp3) is 0.812. The second kappa shape index (κ2) is 7.72. The van der Waals surface area contributed by atoms with E-state index in [2.05, 4.69) is 34.1 Å². The van der Waals surface area contributed by atoms with Crippen molar-refractivity contribution in [2.75, 3.05) is 13.1 Å². The number of hydrogen-bond acceptors (Lipinski definition) is 4. The third-order valence-corrected chi connectivity index (χ3v) is 4.56. The van der Waals surface area contributed by atoms with Crippen LogP contribution in [-0.4, -0.2) is 44.7 Å². The lowest BCUT2D eigenvalue weighted by atomic mass is 9.92. The summed E-state index contributed by atoms with van der Waals surface area (Å²) >= 11 is 0. The zero-order chi connectivity index (χ0) is 16.1. The van der Waals surface area contributed by atoms with E-state index in [0.717, 1.165) is 38.3 Å². The van der Waals surface area contributed by atoms with Gasteiger partial charge in [-0.2, -0.15) is 5.10 Å². The van der Waals surface area contributed by atoms with Crippen LogP contribution in [0.3, 0.4) is 0 Å². The first-order valence-electron chi connectivity index (χ1n) is 8.42. The fourth-order valence-corrected chi connectivity index (χ4v) is 3.15. The molecule has 1 atom stereocenters. The quantitative estimate of drug-likeness (QED) is 0.873. The second-order valence-corrected chi connectivity index (χ2v) is 6.50. The summed E-state index contributed by atoms with van der Waals surface area (Å²) in [6, 6.07) is 0.515. The minimum Gasteiger partial charge on any atom is -0.346 e. The summed E-state index contributed by atoms with van der Waals surface area (Å²) in [5.41, 5.74) is 0. The van der Waals surface area contributed by atoms with Gasteiger partial charge in [0.05, 0.1) is 6.04 Å². The van der Waals surface area contributed by atoms with Gasteiger partial charge in [-0.25, -0.2) is 9.67 Å². The molecule has 0 unspecified atom stereocenters. The molecule has 1 fully saturated rings. The Morgan fingerprint density at radius 1 is 1.36 bits per heavy atom. The third kappa shape index (κ3) is 4.29. The van der Waals surface area contributed by atoms with Crippen molar-refractivity contribution < 1.29 is 4.79 Å². The standard InChI is InChI=1S/C16H29N5O/c1-5-21-16(17-11-18-21)13(4)19-15(22)10-14-6-8-20(9-7-14)12(2)3/h11-14H,5-10H2,1-4H3,(H,19,22)/t13-/m1/s1. The number of amides is 1. The molecule has 6 nitrogen and oxygen atoms in total. The number of aromatic nitrogens is 3. The number of piperidine rings is 1. The summed E-state index contributed by atoms with van der Waals surface area (Å²) in [6.07, 6.45) is 4.40. The summed E-state index contributed by atoms with van der Waals surface area (Å²) in [4.78, 5) is 19.0. The molecule has 1 aromatic rings. The van der Waals surface area contributed by atoms with E-state index in [9.17, 15) is 4.79 Å². The normalized spacial score (nSPS) is 18.6. The van der Waals surface area contributed by atoms with E-state index >= 15 is 0 Å². The molecule has 0 bridgehead atoms. The lowest BCUT2D eigenvalue weighted by molar-refractivity contribution is -0.123. The molecule has 0 aromatic carbocycles. The van der Waals surface area contributed by atoms with Crippen molar-refractivity contribution in [1.29, 1.82) is 0 Å². The number of nitrogens with zero attached hydrogens (tertiary/aromatic N) is 4. The molecule has 1 aliphatic heterocycles. The van der Waals surface area contributed by atoms with Crippen LogP contribution < -0.4 is 5.32 Å². The Kier molecular flexibility index (Phi) is 5.94. The maximum atomic E-state index is 12.2. The highest BCUT2D eigenvalue weighted by atomic mass is 16.1. The van der Waals surface area contributed by atoms with Crippen LogP contribution in [0, 0.1) is 5.92 Å². The van der Waals surface area contributed by atoms with Crippen molar-refractivity contribution in [3.8, 4) is 0 Å². The first kappa shape index (κ1) is 16.9. The SMILES string of the molecule is CCn1ncnc1[C@@H](C)NC(=O)CC1CCN(C(C)C)CC1. The summed E-state index contributed by atoms with van der Waals surface area (Å²) in [7, 11) is 0. The number of aryl methyl sites for hydroxylation is 1. The lowest BCUT2D eigenvalue weighted by Gasteiger charge is -2.34. The van der Waals surface area contributed by atoms with Gasteiger partial charge in [0, 0.05) is 19.0 Å². The van der Waals surface area contributed by atoms with Crippen molar-refractivity contribution in [2.45, 2.75) is 65.6 Å². The van der Waals surface area contributed by atoms with E-state index in [1.165, 1.54) is 0 Å². The van der Waals surface area contributed by atoms with Gasteiger partial charge in [-0.05, 0) is 59.5 Å². The molecule has 1 saturated heterocycles. The Morgan fingerprint density at radius 3 is 2.64 bits per heavy atom. The molecule has 2 heterocycles. The van der Waals surface area contributed by atoms with E-state index in [1.807, 2.05) is 18.5 Å². The molecule has 0 saturated carbocycles. The minimum absolute atomic E-state index is 0.0919. The maximum absolute atomic E-state index is 12.2. The molecule has 6 heteroatoms. The maximum Gasteiger partial charge on any atom is 0.220 e. The summed E-state index contributed by atoms with van der Waals surface area (Å²) in [6.45, 7) is 11.4. The van der Waals surface area contributed by atoms with Gasteiger partial charge in [-0.15, -0.1) is 0 Å². The van der Waals surface area contributed by atoms with Crippen LogP contribution in [0.2, 0.25) is 0 Å². The third-order valence-electron chi connectivity index (χ3n) is 4.56. The average molecular weight is 307 g/mol. The topological polar surface area (TPSA) is 63.1 Å². The van der Waals surface area contributed by atoms with Gasteiger partial charge in [-0.3, -0.25) is 4.79 Å². The Bertz CT molecular complexity index is 477. The minimum atomic E-state index is -0.0919. The van der Waals surface area contributed by atoms with Crippen molar-refractivity contribution in [3.63, 3.8) is 0 Å². The fourth-order valence-electron chi connectivity index (χ4n) is 3.15. The molecule has 0 aliphatic carbocycles. The van der Waals surface area contributed by atoms with Gasteiger partial charge < -0.3 is 10.2 Å². The second-order valence-electron chi connectivity index (χ2n) is 6.50. The summed E-state index contributed by atoms with van der Waals surface area (Å²) in [5.74, 6) is 1.46. The molecular formula is C16H29N5O. The van der Waals surface area contributed by atoms with Crippen molar-refractivity contribution in [2.24, 2.45) is 5.92 Å². The van der Waals surface area contributed by atoms with Crippen LogP contribution >= 0.6 is 0 Å². The highest BCUT2D eigenvalue weighted by Gasteiger charge is 2.24. The van der Waals surface area contributed by atoms with E-state index in [0.29, 0.717) is 18.4 Å². The number of rotatable bonds is 6. The van der Waals surface area contributed by atoms with Crippen LogP contribution in [0.5, 0.6) is 0 Å². The molecule has 1 amide bonds. The smallest absolute Gasteiger partial charge is 0.220 e. The van der Waals surface area contributed by atoms with Gasteiger partial charge >= 0.3 is 0 Å². The monoisotopic (exact) mass is 307 g/mol.